The Bertz CT molecular complexity index is 1320. The monoisotopic (exact) mass is 454 g/mol. The number of fused-ring (bicyclic) bond motifs is 2. The number of esters is 1. The minimum Gasteiger partial charge on any atom is -0.464 e. The third-order valence-electron chi connectivity index (χ3n) is 5.46. The van der Waals surface area contributed by atoms with Crippen LogP contribution in [0.5, 0.6) is 0 Å². The van der Waals surface area contributed by atoms with Crippen molar-refractivity contribution < 1.29 is 19.1 Å². The van der Waals surface area contributed by atoms with Gasteiger partial charge in [0.05, 0.1) is 6.04 Å². The summed E-state index contributed by atoms with van der Waals surface area (Å²) >= 11 is 0. The molecule has 1 amide bonds. The first kappa shape index (κ1) is 23.0. The molecule has 0 aliphatic heterocycles. The highest BCUT2D eigenvalue weighted by atomic mass is 16.5. The molecule has 172 valence electrons. The van der Waals surface area contributed by atoms with E-state index in [1.807, 2.05) is 54.6 Å². The second kappa shape index (κ2) is 10.2. The van der Waals surface area contributed by atoms with Gasteiger partial charge in [-0.2, -0.15) is 0 Å². The molecule has 1 aromatic carbocycles. The van der Waals surface area contributed by atoms with Crippen molar-refractivity contribution in [2.75, 3.05) is 6.61 Å². The van der Waals surface area contributed by atoms with E-state index >= 15 is 0 Å². The molecule has 1 unspecified atom stereocenters. The van der Waals surface area contributed by atoms with Gasteiger partial charge in [0.25, 0.3) is 11.7 Å². The van der Waals surface area contributed by atoms with Gasteiger partial charge >= 0.3 is 5.97 Å². The molecule has 1 N–H and O–H groups in total. The lowest BCUT2D eigenvalue weighted by molar-refractivity contribution is -0.144. The second-order valence-electron chi connectivity index (χ2n) is 8.09. The summed E-state index contributed by atoms with van der Waals surface area (Å²) < 4.78 is 6.73. The van der Waals surface area contributed by atoms with Crippen LogP contribution in [0, 0.1) is 0 Å². The first-order valence-electron chi connectivity index (χ1n) is 11.2. The predicted molar refractivity (Wildman–Crippen MR) is 131 cm³/mol. The zero-order valence-electron chi connectivity index (χ0n) is 19.2. The van der Waals surface area contributed by atoms with Gasteiger partial charge in [-0.05, 0) is 47.9 Å². The number of pyridine rings is 1. The molecule has 0 radical (unpaired) electrons. The third kappa shape index (κ3) is 5.23. The Morgan fingerprint density at radius 1 is 0.882 bits per heavy atom. The molecule has 0 saturated carbocycles. The average molecular weight is 455 g/mol. The number of rotatable bonds is 7. The smallest absolute Gasteiger partial charge is 0.305 e. The van der Waals surface area contributed by atoms with Crippen LogP contribution < -0.4 is 5.32 Å². The van der Waals surface area contributed by atoms with Crippen molar-refractivity contribution in [2.45, 2.75) is 26.3 Å². The van der Waals surface area contributed by atoms with Gasteiger partial charge in [-0.1, -0.05) is 61.5 Å². The molecule has 3 aromatic rings. The maximum absolute atomic E-state index is 13.0. The minimum atomic E-state index is -0.735. The fourth-order valence-corrected chi connectivity index (χ4v) is 3.63. The van der Waals surface area contributed by atoms with E-state index in [1.54, 1.807) is 24.4 Å². The van der Waals surface area contributed by atoms with Gasteiger partial charge in [0, 0.05) is 23.7 Å². The van der Waals surface area contributed by atoms with E-state index in [-0.39, 0.29) is 19.0 Å². The van der Waals surface area contributed by atoms with E-state index in [4.69, 9.17) is 4.74 Å². The Morgan fingerprint density at radius 2 is 1.56 bits per heavy atom. The molecule has 5 rings (SSSR count). The van der Waals surface area contributed by atoms with Crippen LogP contribution in [-0.4, -0.2) is 34.7 Å². The molecule has 2 aromatic heterocycles. The molecule has 34 heavy (non-hydrogen) atoms. The summed E-state index contributed by atoms with van der Waals surface area (Å²) in [6.07, 6.45) is 2.02. The molecule has 6 nitrogen and oxygen atoms in total. The number of carbonyl (C=O) groups excluding carboxylic acids is 3. The molecule has 1 atom stereocenters. The molecule has 0 bridgehead atoms. The first-order chi connectivity index (χ1) is 16.5. The van der Waals surface area contributed by atoms with E-state index in [0.717, 1.165) is 11.1 Å². The number of amides is 1. The standard InChI is InChI=1S/C22H22N2O4.C6H4/c1-3-19(25)28-14-15(2)23-22(27)21(26)20-18(16-9-5-4-6-10-16)13-17-11-7-8-12-24(17)20;1-2-5-4-6(5)3-1/h4-13,15H,3,14H2,1-2H3,(H,23,27);1-4H. The van der Waals surface area contributed by atoms with Gasteiger partial charge in [0.2, 0.25) is 0 Å². The number of nitrogens with one attached hydrogen (secondary N) is 1. The van der Waals surface area contributed by atoms with E-state index < -0.39 is 17.7 Å². The number of benzene rings is 2. The van der Waals surface area contributed by atoms with Crippen molar-refractivity contribution in [3.05, 3.63) is 90.8 Å². The van der Waals surface area contributed by atoms with E-state index in [0.29, 0.717) is 11.3 Å². The van der Waals surface area contributed by atoms with Gasteiger partial charge in [-0.25, -0.2) is 0 Å². The number of hydrogen-bond donors (Lipinski definition) is 1. The lowest BCUT2D eigenvalue weighted by Gasteiger charge is -2.14. The van der Waals surface area contributed by atoms with Crippen LogP contribution in [0.3, 0.4) is 0 Å². The zero-order chi connectivity index (χ0) is 24.1. The van der Waals surface area contributed by atoms with Crippen LogP contribution in [0.1, 0.15) is 30.8 Å². The topological polar surface area (TPSA) is 76.9 Å². The number of Topliss-reactive ketones (excluding diaryl/α,β-unsaturated/α-hetero) is 1. The minimum absolute atomic E-state index is 0.0200. The number of hydrogen-bond acceptors (Lipinski definition) is 4. The molecular formula is C28H26N2O4. The quantitative estimate of drug-likeness (QED) is 0.215. The van der Waals surface area contributed by atoms with Crippen molar-refractivity contribution in [3.8, 4) is 22.3 Å². The van der Waals surface area contributed by atoms with Crippen molar-refractivity contribution in [3.63, 3.8) is 0 Å². The molecule has 6 heteroatoms. The molecule has 2 aliphatic carbocycles. The van der Waals surface area contributed by atoms with Crippen LogP contribution in [0.2, 0.25) is 0 Å². The first-order valence-corrected chi connectivity index (χ1v) is 11.2. The Hall–Kier alpha value is -4.19. The van der Waals surface area contributed by atoms with Gasteiger partial charge in [-0.3, -0.25) is 14.4 Å². The molecule has 0 saturated heterocycles. The zero-order valence-corrected chi connectivity index (χ0v) is 19.2. The van der Waals surface area contributed by atoms with Crippen LogP contribution in [0.15, 0.2) is 85.1 Å². The maximum atomic E-state index is 13.0. The van der Waals surface area contributed by atoms with Gasteiger partial charge in [-0.15, -0.1) is 0 Å². The van der Waals surface area contributed by atoms with E-state index in [2.05, 4.69) is 29.6 Å². The highest BCUT2D eigenvalue weighted by Gasteiger charge is 2.25. The average Bonchev–Trinajstić information content (AvgIpc) is 3.27. The predicted octanol–water partition coefficient (Wildman–Crippen LogP) is 4.91. The van der Waals surface area contributed by atoms with Gasteiger partial charge < -0.3 is 14.5 Å². The van der Waals surface area contributed by atoms with Crippen molar-refractivity contribution in [1.29, 1.82) is 0 Å². The Kier molecular flexibility index (Phi) is 6.87. The normalized spacial score (nSPS) is 11.7. The second-order valence-corrected chi connectivity index (χ2v) is 8.09. The molecule has 2 heterocycles. The summed E-state index contributed by atoms with van der Waals surface area (Å²) in [6.45, 7) is 3.40. The van der Waals surface area contributed by atoms with Crippen molar-refractivity contribution in [1.82, 2.24) is 9.72 Å². The summed E-state index contributed by atoms with van der Waals surface area (Å²) in [5.41, 5.74) is 5.52. The summed E-state index contributed by atoms with van der Waals surface area (Å²) in [6, 6.07) is 24.9. The molecule has 0 fully saturated rings. The van der Waals surface area contributed by atoms with Crippen LogP contribution >= 0.6 is 0 Å². The Morgan fingerprint density at radius 3 is 2.18 bits per heavy atom. The number of ether oxygens (including phenoxy) is 1. The highest BCUT2D eigenvalue weighted by Crippen LogP contribution is 2.32. The summed E-state index contributed by atoms with van der Waals surface area (Å²) in [7, 11) is 0. The molecular weight excluding hydrogens is 428 g/mol. The fraction of sp³-hybridized carbons (Fsp3) is 0.179. The van der Waals surface area contributed by atoms with E-state index in [9.17, 15) is 14.4 Å². The van der Waals surface area contributed by atoms with Crippen molar-refractivity contribution in [2.24, 2.45) is 0 Å². The lowest BCUT2D eigenvalue weighted by Crippen LogP contribution is -2.41. The van der Waals surface area contributed by atoms with Crippen LogP contribution in [0.25, 0.3) is 27.8 Å². The number of aromatic nitrogens is 1. The molecule has 0 spiro atoms. The summed E-state index contributed by atoms with van der Waals surface area (Å²) in [5.74, 6) is -1.73. The maximum Gasteiger partial charge on any atom is 0.305 e. The van der Waals surface area contributed by atoms with E-state index in [1.165, 1.54) is 11.1 Å². The highest BCUT2D eigenvalue weighted by molar-refractivity contribution is 6.43. The number of nitrogens with zero attached hydrogens (tertiary/aromatic N) is 1. The SMILES string of the molecule is CCC(=O)OCC(C)NC(=O)C(=O)c1c(-c2ccccc2)cc2ccccn12.c1cc2cc-2c1. The number of carbonyl (C=O) groups is 3. The Balaban J connectivity index is 0.000000388. The van der Waals surface area contributed by atoms with Crippen molar-refractivity contribution >= 4 is 23.2 Å². The fourth-order valence-electron chi connectivity index (χ4n) is 3.63. The largest absolute Gasteiger partial charge is 0.464 e. The molecule has 2 aliphatic rings. The summed E-state index contributed by atoms with van der Waals surface area (Å²) in [5, 5.41) is 2.61. The Labute approximate surface area is 198 Å². The third-order valence-corrected chi connectivity index (χ3v) is 5.46. The van der Waals surface area contributed by atoms with Crippen LogP contribution in [0.4, 0.5) is 0 Å². The van der Waals surface area contributed by atoms with Gasteiger partial charge in [0.15, 0.2) is 0 Å². The van der Waals surface area contributed by atoms with Gasteiger partial charge in [0.1, 0.15) is 12.3 Å². The number of ketones is 1. The van der Waals surface area contributed by atoms with Crippen LogP contribution in [-0.2, 0) is 14.3 Å². The summed E-state index contributed by atoms with van der Waals surface area (Å²) in [4.78, 5) is 36.8. The lowest BCUT2D eigenvalue weighted by atomic mass is 10.0.